The van der Waals surface area contributed by atoms with Crippen LogP contribution in [0.5, 0.6) is 0 Å². The second-order valence-corrected chi connectivity index (χ2v) is 3.81. The molecule has 0 spiro atoms. The number of hydrogen-bond donors (Lipinski definition) is 1. The van der Waals surface area contributed by atoms with Gasteiger partial charge in [0, 0.05) is 18.8 Å². The number of hydrogen-bond acceptors (Lipinski definition) is 3. The van der Waals surface area contributed by atoms with Crippen LogP contribution >= 0.6 is 0 Å². The lowest BCUT2D eigenvalue weighted by molar-refractivity contribution is 0.694. The molecule has 0 aliphatic rings. The Morgan fingerprint density at radius 1 is 1.50 bits per heavy atom. The van der Waals surface area contributed by atoms with Gasteiger partial charge in [-0.05, 0) is 39.3 Å². The number of rotatable bonds is 3. The van der Waals surface area contributed by atoms with Crippen molar-refractivity contribution in [1.29, 1.82) is 0 Å². The highest BCUT2D eigenvalue weighted by Gasteiger charge is 2.12. The van der Waals surface area contributed by atoms with Crippen LogP contribution in [0.4, 0.5) is 11.5 Å². The van der Waals surface area contributed by atoms with Crippen LogP contribution in [0.3, 0.4) is 0 Å². The van der Waals surface area contributed by atoms with Crippen LogP contribution in [-0.4, -0.2) is 17.6 Å². The van der Waals surface area contributed by atoms with E-state index in [4.69, 9.17) is 5.73 Å². The van der Waals surface area contributed by atoms with E-state index in [2.05, 4.69) is 30.7 Å². The molecule has 3 nitrogen and oxygen atoms in total. The fourth-order valence-corrected chi connectivity index (χ4v) is 1.58. The highest BCUT2D eigenvalue weighted by molar-refractivity contribution is 5.63. The van der Waals surface area contributed by atoms with Crippen LogP contribution in [0, 0.1) is 6.92 Å². The molecule has 0 unspecified atom stereocenters. The summed E-state index contributed by atoms with van der Waals surface area (Å²) in [5.74, 6) is 0.896. The van der Waals surface area contributed by atoms with Crippen molar-refractivity contribution in [3.63, 3.8) is 0 Å². The average molecular weight is 193 g/mol. The first kappa shape index (κ1) is 10.8. The summed E-state index contributed by atoms with van der Waals surface area (Å²) < 4.78 is 0. The van der Waals surface area contributed by atoms with Crippen LogP contribution in [0.25, 0.3) is 0 Å². The summed E-state index contributed by atoms with van der Waals surface area (Å²) >= 11 is 0. The molecule has 0 aliphatic carbocycles. The van der Waals surface area contributed by atoms with E-state index in [9.17, 15) is 0 Å². The summed E-state index contributed by atoms with van der Waals surface area (Å²) in [6.07, 6.45) is 1.86. The molecule has 0 amide bonds. The zero-order valence-electron chi connectivity index (χ0n) is 9.41. The van der Waals surface area contributed by atoms with Crippen LogP contribution in [0.15, 0.2) is 12.3 Å². The Bertz CT molecular complexity index is 307. The molecule has 0 saturated heterocycles. The summed E-state index contributed by atoms with van der Waals surface area (Å²) in [6.45, 7) is 9.33. The Kier molecular flexibility index (Phi) is 3.33. The van der Waals surface area contributed by atoms with Crippen molar-refractivity contribution in [1.82, 2.24) is 4.98 Å². The van der Waals surface area contributed by atoms with Gasteiger partial charge in [0.1, 0.15) is 0 Å². The van der Waals surface area contributed by atoms with E-state index in [1.165, 1.54) is 0 Å². The van der Waals surface area contributed by atoms with E-state index in [0.717, 1.165) is 23.6 Å². The topological polar surface area (TPSA) is 42.2 Å². The lowest BCUT2D eigenvalue weighted by atomic mass is 10.2. The van der Waals surface area contributed by atoms with E-state index in [1.807, 2.05) is 19.2 Å². The summed E-state index contributed by atoms with van der Waals surface area (Å²) in [7, 11) is 0. The first-order valence-corrected chi connectivity index (χ1v) is 5.05. The number of anilines is 2. The quantitative estimate of drug-likeness (QED) is 0.800. The minimum atomic E-state index is 0.428. The molecule has 2 N–H and O–H groups in total. The first-order valence-electron chi connectivity index (χ1n) is 5.05. The van der Waals surface area contributed by atoms with Crippen LogP contribution in [0.2, 0.25) is 0 Å². The third kappa shape index (κ3) is 2.16. The minimum Gasteiger partial charge on any atom is -0.396 e. The largest absolute Gasteiger partial charge is 0.396 e. The monoisotopic (exact) mass is 193 g/mol. The third-order valence-electron chi connectivity index (χ3n) is 2.27. The van der Waals surface area contributed by atoms with Crippen molar-refractivity contribution in [3.05, 3.63) is 17.8 Å². The predicted molar refractivity (Wildman–Crippen MR) is 61.5 cm³/mol. The molecule has 0 radical (unpaired) electrons. The Labute approximate surface area is 85.9 Å². The number of nitrogens with two attached hydrogens (primary N) is 1. The van der Waals surface area contributed by atoms with Crippen LogP contribution < -0.4 is 10.6 Å². The van der Waals surface area contributed by atoms with Crippen molar-refractivity contribution in [3.8, 4) is 0 Å². The van der Waals surface area contributed by atoms with Gasteiger partial charge in [-0.1, -0.05) is 0 Å². The maximum atomic E-state index is 5.93. The first-order chi connectivity index (χ1) is 6.56. The third-order valence-corrected chi connectivity index (χ3v) is 2.27. The molecule has 0 fully saturated rings. The fourth-order valence-electron chi connectivity index (χ4n) is 1.58. The normalized spacial score (nSPS) is 10.6. The molecule has 1 rings (SSSR count). The molecule has 0 bridgehead atoms. The molecule has 3 heteroatoms. The number of aromatic nitrogens is 1. The van der Waals surface area contributed by atoms with Crippen molar-refractivity contribution >= 4 is 11.5 Å². The molecule has 14 heavy (non-hydrogen) atoms. The van der Waals surface area contributed by atoms with Crippen LogP contribution in [0.1, 0.15) is 26.3 Å². The summed E-state index contributed by atoms with van der Waals surface area (Å²) in [5.41, 5.74) is 7.80. The number of aryl methyl sites for hydroxylation is 1. The van der Waals surface area contributed by atoms with Gasteiger partial charge < -0.3 is 10.6 Å². The zero-order chi connectivity index (χ0) is 10.7. The molecule has 0 aromatic carbocycles. The van der Waals surface area contributed by atoms with Crippen molar-refractivity contribution < 1.29 is 0 Å². The second-order valence-electron chi connectivity index (χ2n) is 3.81. The van der Waals surface area contributed by atoms with Gasteiger partial charge in [-0.25, -0.2) is 4.98 Å². The smallest absolute Gasteiger partial charge is 0.151 e. The lowest BCUT2D eigenvalue weighted by Gasteiger charge is -2.27. The Balaban J connectivity index is 3.04. The van der Waals surface area contributed by atoms with E-state index in [-0.39, 0.29) is 0 Å². The molecule has 1 aromatic heterocycles. The molecular weight excluding hydrogens is 174 g/mol. The molecule has 0 aliphatic heterocycles. The van der Waals surface area contributed by atoms with Crippen molar-refractivity contribution in [2.45, 2.75) is 33.7 Å². The molecule has 78 valence electrons. The van der Waals surface area contributed by atoms with Gasteiger partial charge in [-0.3, -0.25) is 0 Å². The maximum absolute atomic E-state index is 5.93. The summed E-state index contributed by atoms with van der Waals surface area (Å²) in [4.78, 5) is 6.56. The molecule has 1 aromatic rings. The SMILES string of the molecule is CCN(c1ncc(C)cc1N)C(C)C. The Morgan fingerprint density at radius 3 is 2.57 bits per heavy atom. The minimum absolute atomic E-state index is 0.428. The van der Waals surface area contributed by atoms with Gasteiger partial charge in [0.2, 0.25) is 0 Å². The standard InChI is InChI=1S/C11H19N3/c1-5-14(8(2)3)11-10(12)6-9(4)7-13-11/h6-8H,5,12H2,1-4H3. The Morgan fingerprint density at radius 2 is 2.14 bits per heavy atom. The molecule has 1 heterocycles. The second kappa shape index (κ2) is 4.31. The lowest BCUT2D eigenvalue weighted by Crippen LogP contribution is -2.31. The van der Waals surface area contributed by atoms with E-state index in [1.54, 1.807) is 0 Å². The molecular formula is C11H19N3. The van der Waals surface area contributed by atoms with Gasteiger partial charge in [-0.15, -0.1) is 0 Å². The van der Waals surface area contributed by atoms with Gasteiger partial charge in [-0.2, -0.15) is 0 Å². The van der Waals surface area contributed by atoms with Gasteiger partial charge >= 0.3 is 0 Å². The van der Waals surface area contributed by atoms with Crippen molar-refractivity contribution in [2.24, 2.45) is 0 Å². The number of nitrogens with zero attached hydrogens (tertiary/aromatic N) is 2. The zero-order valence-corrected chi connectivity index (χ0v) is 9.41. The molecule has 0 atom stereocenters. The fraction of sp³-hybridized carbons (Fsp3) is 0.545. The van der Waals surface area contributed by atoms with E-state index in [0.29, 0.717) is 6.04 Å². The molecule has 0 saturated carbocycles. The summed E-state index contributed by atoms with van der Waals surface area (Å²) in [6, 6.07) is 2.39. The van der Waals surface area contributed by atoms with E-state index >= 15 is 0 Å². The van der Waals surface area contributed by atoms with Crippen LogP contribution in [-0.2, 0) is 0 Å². The van der Waals surface area contributed by atoms with Gasteiger partial charge in [0.15, 0.2) is 5.82 Å². The maximum Gasteiger partial charge on any atom is 0.151 e. The summed E-state index contributed by atoms with van der Waals surface area (Å²) in [5, 5.41) is 0. The van der Waals surface area contributed by atoms with Gasteiger partial charge in [0.05, 0.1) is 5.69 Å². The number of pyridine rings is 1. The predicted octanol–water partition coefficient (Wildman–Crippen LogP) is 2.21. The van der Waals surface area contributed by atoms with Gasteiger partial charge in [0.25, 0.3) is 0 Å². The van der Waals surface area contributed by atoms with Crippen molar-refractivity contribution in [2.75, 3.05) is 17.2 Å². The highest BCUT2D eigenvalue weighted by atomic mass is 15.2. The highest BCUT2D eigenvalue weighted by Crippen LogP contribution is 2.22. The van der Waals surface area contributed by atoms with E-state index < -0.39 is 0 Å². The number of nitrogen functional groups attached to an aromatic ring is 1. The Hall–Kier alpha value is -1.25. The average Bonchev–Trinajstić information content (AvgIpc) is 2.09.